The molecule has 12 heavy (non-hydrogen) atoms. The molecule has 0 aliphatic rings. The first-order chi connectivity index (χ1) is 5.77. The van der Waals surface area contributed by atoms with Crippen LogP contribution in [0.5, 0.6) is 0 Å². The Balaban J connectivity index is 2.75. The number of thiazole rings is 1. The van der Waals surface area contributed by atoms with Crippen molar-refractivity contribution in [1.82, 2.24) is 4.98 Å². The van der Waals surface area contributed by atoms with Crippen LogP contribution in [-0.2, 0) is 9.59 Å². The van der Waals surface area contributed by atoms with E-state index in [9.17, 15) is 9.59 Å². The van der Waals surface area contributed by atoms with Crippen molar-refractivity contribution in [3.05, 3.63) is 11.1 Å². The maximum atomic E-state index is 10.1. The van der Waals surface area contributed by atoms with Gasteiger partial charge in [0, 0.05) is 5.38 Å². The average molecular weight is 186 g/mol. The topological polar surface area (TPSA) is 79.3 Å². The van der Waals surface area contributed by atoms with Crippen LogP contribution in [0.15, 0.2) is 5.38 Å². The van der Waals surface area contributed by atoms with Gasteiger partial charge in [0.2, 0.25) is 6.41 Å². The summed E-state index contributed by atoms with van der Waals surface area (Å²) in [5.41, 5.74) is 0.249. The number of aliphatic hydroxyl groups excluding tert-OH is 1. The standard InChI is InChI=1S/C6H6N2O3S/c9-1-5(11)4-2-12-6(8-4)7-3-10/h1-3,5,11H,(H,7,8,10). The molecule has 1 aromatic heterocycles. The zero-order valence-corrected chi connectivity index (χ0v) is 6.75. The lowest BCUT2D eigenvalue weighted by Gasteiger charge is -1.94. The first-order valence-corrected chi connectivity index (χ1v) is 3.95. The number of rotatable bonds is 4. The van der Waals surface area contributed by atoms with Crippen LogP contribution in [0.3, 0.4) is 0 Å². The molecule has 0 radical (unpaired) electrons. The minimum absolute atomic E-state index is 0.249. The Bertz CT molecular complexity index is 286. The Morgan fingerprint density at radius 3 is 3.00 bits per heavy atom. The highest BCUT2D eigenvalue weighted by atomic mass is 32.1. The molecule has 64 valence electrons. The molecule has 1 heterocycles. The monoisotopic (exact) mass is 186 g/mol. The van der Waals surface area contributed by atoms with Crippen molar-refractivity contribution in [1.29, 1.82) is 0 Å². The van der Waals surface area contributed by atoms with Gasteiger partial charge >= 0.3 is 0 Å². The molecule has 0 aliphatic carbocycles. The van der Waals surface area contributed by atoms with E-state index in [1.807, 2.05) is 0 Å². The molecule has 1 unspecified atom stereocenters. The van der Waals surface area contributed by atoms with E-state index in [2.05, 4.69) is 10.3 Å². The molecular formula is C6H6N2O3S. The van der Waals surface area contributed by atoms with E-state index in [0.717, 1.165) is 11.3 Å². The second-order valence-electron chi connectivity index (χ2n) is 1.92. The summed E-state index contributed by atoms with van der Waals surface area (Å²) in [6.45, 7) is 0. The van der Waals surface area contributed by atoms with E-state index in [1.54, 1.807) is 0 Å². The number of aromatic nitrogens is 1. The average Bonchev–Trinajstić information content (AvgIpc) is 2.52. The zero-order chi connectivity index (χ0) is 8.97. The number of amides is 1. The Kier molecular flexibility index (Phi) is 2.89. The molecule has 0 bridgehead atoms. The number of hydrogen-bond acceptors (Lipinski definition) is 5. The van der Waals surface area contributed by atoms with Gasteiger partial charge in [-0.05, 0) is 0 Å². The van der Waals surface area contributed by atoms with E-state index < -0.39 is 6.10 Å². The molecule has 1 amide bonds. The first kappa shape index (κ1) is 8.82. The molecule has 0 saturated carbocycles. The number of aliphatic hydroxyl groups is 1. The third-order valence-electron chi connectivity index (χ3n) is 1.14. The number of nitrogens with zero attached hydrogens (tertiary/aromatic N) is 1. The van der Waals surface area contributed by atoms with Crippen molar-refractivity contribution >= 4 is 29.2 Å². The summed E-state index contributed by atoms with van der Waals surface area (Å²) < 4.78 is 0. The summed E-state index contributed by atoms with van der Waals surface area (Å²) in [5, 5.41) is 13.1. The van der Waals surface area contributed by atoms with Crippen LogP contribution in [0.1, 0.15) is 11.8 Å². The van der Waals surface area contributed by atoms with Crippen molar-refractivity contribution in [2.75, 3.05) is 5.32 Å². The van der Waals surface area contributed by atoms with E-state index in [-0.39, 0.29) is 5.69 Å². The molecule has 0 fully saturated rings. The second-order valence-corrected chi connectivity index (χ2v) is 2.78. The fourth-order valence-corrected chi connectivity index (χ4v) is 1.31. The Labute approximate surface area is 72.1 Å². The first-order valence-electron chi connectivity index (χ1n) is 3.07. The molecule has 1 rings (SSSR count). The van der Waals surface area contributed by atoms with Gasteiger partial charge in [0.1, 0.15) is 0 Å². The lowest BCUT2D eigenvalue weighted by Crippen LogP contribution is -1.99. The van der Waals surface area contributed by atoms with E-state index >= 15 is 0 Å². The van der Waals surface area contributed by atoms with Gasteiger partial charge in [-0.25, -0.2) is 4.98 Å². The Morgan fingerprint density at radius 1 is 1.67 bits per heavy atom. The summed E-state index contributed by atoms with van der Waals surface area (Å²) in [4.78, 5) is 23.8. The van der Waals surface area contributed by atoms with Crippen molar-refractivity contribution < 1.29 is 14.7 Å². The normalized spacial score (nSPS) is 12.1. The molecular weight excluding hydrogens is 180 g/mol. The molecule has 0 spiro atoms. The number of nitrogens with one attached hydrogen (secondary N) is 1. The molecule has 0 aromatic carbocycles. The number of anilines is 1. The van der Waals surface area contributed by atoms with Crippen LogP contribution in [-0.4, -0.2) is 22.8 Å². The molecule has 5 nitrogen and oxygen atoms in total. The van der Waals surface area contributed by atoms with Gasteiger partial charge < -0.3 is 15.2 Å². The van der Waals surface area contributed by atoms with Crippen LogP contribution in [0, 0.1) is 0 Å². The summed E-state index contributed by atoms with van der Waals surface area (Å²) in [5.74, 6) is 0. The van der Waals surface area contributed by atoms with Crippen LogP contribution >= 0.6 is 11.3 Å². The van der Waals surface area contributed by atoms with Gasteiger partial charge in [0.25, 0.3) is 0 Å². The minimum Gasteiger partial charge on any atom is -0.379 e. The predicted molar refractivity (Wildman–Crippen MR) is 42.8 cm³/mol. The van der Waals surface area contributed by atoms with Gasteiger partial charge in [-0.1, -0.05) is 0 Å². The Morgan fingerprint density at radius 2 is 2.42 bits per heavy atom. The van der Waals surface area contributed by atoms with Gasteiger partial charge in [-0.2, -0.15) is 0 Å². The SMILES string of the molecule is O=CNc1nc(C(O)C=O)cs1. The Hall–Kier alpha value is -1.27. The van der Waals surface area contributed by atoms with Crippen LogP contribution in [0.4, 0.5) is 5.13 Å². The van der Waals surface area contributed by atoms with E-state index in [4.69, 9.17) is 5.11 Å². The summed E-state index contributed by atoms with van der Waals surface area (Å²) in [6.07, 6.45) is -0.348. The summed E-state index contributed by atoms with van der Waals surface area (Å²) in [7, 11) is 0. The third-order valence-corrected chi connectivity index (χ3v) is 1.93. The molecule has 2 N–H and O–H groups in total. The maximum absolute atomic E-state index is 10.1. The van der Waals surface area contributed by atoms with Crippen molar-refractivity contribution in [2.45, 2.75) is 6.10 Å². The molecule has 0 saturated heterocycles. The fourth-order valence-electron chi connectivity index (χ4n) is 0.608. The van der Waals surface area contributed by atoms with E-state index in [0.29, 0.717) is 17.8 Å². The van der Waals surface area contributed by atoms with Crippen molar-refractivity contribution in [3.63, 3.8) is 0 Å². The minimum atomic E-state index is -1.21. The number of carbonyl (C=O) groups excluding carboxylic acids is 2. The largest absolute Gasteiger partial charge is 0.379 e. The van der Waals surface area contributed by atoms with Crippen molar-refractivity contribution in [2.24, 2.45) is 0 Å². The van der Waals surface area contributed by atoms with Crippen LogP contribution < -0.4 is 5.32 Å². The van der Waals surface area contributed by atoms with Crippen LogP contribution in [0.2, 0.25) is 0 Å². The fraction of sp³-hybridized carbons (Fsp3) is 0.167. The quantitative estimate of drug-likeness (QED) is 0.646. The zero-order valence-electron chi connectivity index (χ0n) is 5.93. The number of carbonyl (C=O) groups is 2. The third kappa shape index (κ3) is 1.86. The smallest absolute Gasteiger partial charge is 0.213 e. The van der Waals surface area contributed by atoms with Gasteiger partial charge in [-0.15, -0.1) is 11.3 Å². The highest BCUT2D eigenvalue weighted by molar-refractivity contribution is 7.13. The van der Waals surface area contributed by atoms with Crippen LogP contribution in [0.25, 0.3) is 0 Å². The molecule has 6 heteroatoms. The summed E-state index contributed by atoms with van der Waals surface area (Å²) in [6, 6.07) is 0. The number of hydrogen-bond donors (Lipinski definition) is 2. The second kappa shape index (κ2) is 3.93. The lowest BCUT2D eigenvalue weighted by atomic mass is 10.3. The van der Waals surface area contributed by atoms with Crippen molar-refractivity contribution in [3.8, 4) is 0 Å². The molecule has 1 atom stereocenters. The lowest BCUT2D eigenvalue weighted by molar-refractivity contribution is -0.115. The van der Waals surface area contributed by atoms with Gasteiger partial charge in [-0.3, -0.25) is 4.79 Å². The van der Waals surface area contributed by atoms with E-state index in [1.165, 1.54) is 5.38 Å². The highest BCUT2D eigenvalue weighted by Crippen LogP contribution is 2.18. The van der Waals surface area contributed by atoms with Gasteiger partial charge in [0.05, 0.1) is 5.69 Å². The van der Waals surface area contributed by atoms with Gasteiger partial charge in [0.15, 0.2) is 17.5 Å². The molecule has 1 aromatic rings. The highest BCUT2D eigenvalue weighted by Gasteiger charge is 2.09. The molecule has 0 aliphatic heterocycles. The summed E-state index contributed by atoms with van der Waals surface area (Å²) >= 11 is 1.15. The predicted octanol–water partition coefficient (Wildman–Crippen LogP) is -0.0563. The number of aldehydes is 1. The maximum Gasteiger partial charge on any atom is 0.213 e.